The summed E-state index contributed by atoms with van der Waals surface area (Å²) in [7, 11) is 1.74. The van der Waals surface area contributed by atoms with Gasteiger partial charge in [-0.15, -0.1) is 0 Å². The van der Waals surface area contributed by atoms with Crippen molar-refractivity contribution in [2.24, 2.45) is 29.1 Å². The van der Waals surface area contributed by atoms with E-state index >= 15 is 0 Å². The minimum Gasteiger partial charge on any atom is -0.390 e. The number of carbonyl (C=O) groups is 1. The number of methoxy groups -OCH3 is 1. The predicted molar refractivity (Wildman–Crippen MR) is 154 cm³/mol. The highest BCUT2D eigenvalue weighted by molar-refractivity contribution is 5.72. The van der Waals surface area contributed by atoms with Crippen LogP contribution in [0.3, 0.4) is 0 Å². The Morgan fingerprint density at radius 1 is 1.17 bits per heavy atom. The summed E-state index contributed by atoms with van der Waals surface area (Å²) in [6.45, 7) is 12.7. The highest BCUT2D eigenvalue weighted by Gasteiger charge is 2.54. The summed E-state index contributed by atoms with van der Waals surface area (Å²) in [6, 6.07) is 0. The maximum atomic E-state index is 12.1. The van der Waals surface area contributed by atoms with Crippen LogP contribution in [-0.2, 0) is 28.5 Å². The summed E-state index contributed by atoms with van der Waals surface area (Å²) < 4.78 is 30.1. The molecule has 12 atom stereocenters. The smallest absolute Gasteiger partial charge is 0.216 e. The molecule has 1 saturated carbocycles. The number of amides is 1. The van der Waals surface area contributed by atoms with E-state index in [9.17, 15) is 20.1 Å². The van der Waals surface area contributed by atoms with Crippen LogP contribution in [0.5, 0.6) is 0 Å². The molecule has 0 bridgehead atoms. The summed E-state index contributed by atoms with van der Waals surface area (Å²) >= 11 is 0. The number of aliphatic hydroxyl groups excluding tert-OH is 3. The van der Waals surface area contributed by atoms with E-state index in [0.717, 1.165) is 36.8 Å². The Balaban J connectivity index is 1.53. The molecular weight excluding hydrogens is 542 g/mol. The van der Waals surface area contributed by atoms with Gasteiger partial charge in [0.25, 0.3) is 0 Å². The molecule has 5 rings (SSSR count). The number of carbonyl (C=O) groups excluding carboxylic acids is 1. The molecule has 0 aromatic heterocycles. The SMILES string of the molecule is COC[C@H]1CC[C@@H]2/C1=C\[C@@]1(C)CCC([C@H](C)CNC(C)=O)=C1[C@@H](O[C@H]1O[C@@H]3COC(C)(C)O[C@H]3[C@H](O)[C@H]1O)[C@H](O)[C@@H]2C. The van der Waals surface area contributed by atoms with Crippen molar-refractivity contribution in [3.05, 3.63) is 22.8 Å². The maximum Gasteiger partial charge on any atom is 0.216 e. The molecule has 5 aliphatic rings. The van der Waals surface area contributed by atoms with Gasteiger partial charge in [0.15, 0.2) is 12.1 Å². The van der Waals surface area contributed by atoms with Crippen LogP contribution in [-0.4, -0.2) is 96.8 Å². The predicted octanol–water partition coefficient (Wildman–Crippen LogP) is 2.45. The summed E-state index contributed by atoms with van der Waals surface area (Å²) in [5.74, 6) is -0.634. The van der Waals surface area contributed by atoms with Gasteiger partial charge in [-0.2, -0.15) is 0 Å². The Morgan fingerprint density at radius 2 is 1.90 bits per heavy atom. The molecule has 0 aromatic carbocycles. The van der Waals surface area contributed by atoms with Crippen LogP contribution in [0.15, 0.2) is 22.8 Å². The first kappa shape index (κ1) is 32.0. The van der Waals surface area contributed by atoms with Crippen molar-refractivity contribution < 1.29 is 43.8 Å². The van der Waals surface area contributed by atoms with Crippen molar-refractivity contribution in [3.8, 4) is 0 Å². The Hall–Kier alpha value is -1.37. The van der Waals surface area contributed by atoms with Crippen molar-refractivity contribution >= 4 is 5.91 Å². The Labute approximate surface area is 249 Å². The molecule has 4 N–H and O–H groups in total. The summed E-state index contributed by atoms with van der Waals surface area (Å²) in [6.07, 6.45) is -0.891. The van der Waals surface area contributed by atoms with E-state index < -0.39 is 54.1 Å². The van der Waals surface area contributed by atoms with Gasteiger partial charge in [-0.25, -0.2) is 0 Å². The summed E-state index contributed by atoms with van der Waals surface area (Å²) in [5.41, 5.74) is 3.08. The molecular formula is C32H51NO9. The lowest BCUT2D eigenvalue weighted by Gasteiger charge is -2.50. The van der Waals surface area contributed by atoms with Gasteiger partial charge in [0, 0.05) is 31.9 Å². The standard InChI is InChI=1S/C32H51NO9/c1-16(13-33-18(3)34)20-10-11-32(6)12-22-19(14-38-7)8-9-21(22)17(2)25(35)29(24(20)32)41-30-27(37)26(36)28-23(40-30)15-39-31(4,5)42-28/h12,16-17,19,21,23,25-30,35-37H,8-11,13-15H2,1-7H3,(H,33,34)/b22-12-/t16-,17-,19-,21+,23-,25-,26-,27-,28-,29-,30-,32-/m1/s1. The molecule has 238 valence electrons. The molecule has 3 aliphatic carbocycles. The second-order valence-corrected chi connectivity index (χ2v) is 13.9. The molecule has 10 heteroatoms. The molecule has 3 fully saturated rings. The Morgan fingerprint density at radius 3 is 2.60 bits per heavy atom. The van der Waals surface area contributed by atoms with E-state index in [1.807, 2.05) is 0 Å². The fourth-order valence-corrected chi connectivity index (χ4v) is 8.10. The molecule has 0 spiro atoms. The third kappa shape index (κ3) is 5.98. The van der Waals surface area contributed by atoms with E-state index in [-0.39, 0.29) is 30.3 Å². The van der Waals surface area contributed by atoms with Crippen LogP contribution < -0.4 is 5.32 Å². The third-order valence-electron chi connectivity index (χ3n) is 10.4. The van der Waals surface area contributed by atoms with Gasteiger partial charge >= 0.3 is 0 Å². The van der Waals surface area contributed by atoms with Crippen molar-refractivity contribution in [2.45, 2.75) is 116 Å². The largest absolute Gasteiger partial charge is 0.390 e. The highest BCUT2D eigenvalue weighted by Crippen LogP contribution is 2.55. The monoisotopic (exact) mass is 593 g/mol. The molecule has 0 aromatic rings. The molecule has 1 amide bonds. The highest BCUT2D eigenvalue weighted by atomic mass is 16.8. The average molecular weight is 594 g/mol. The zero-order valence-electron chi connectivity index (χ0n) is 26.2. The number of hydrogen-bond acceptors (Lipinski definition) is 9. The van der Waals surface area contributed by atoms with Crippen LogP contribution >= 0.6 is 0 Å². The number of fused-ring (bicyclic) bond motifs is 3. The normalized spacial score (nSPS) is 45.1. The zero-order chi connectivity index (χ0) is 30.6. The first-order valence-corrected chi connectivity index (χ1v) is 15.6. The summed E-state index contributed by atoms with van der Waals surface area (Å²) in [4.78, 5) is 11.8. The molecule has 2 heterocycles. The lowest BCUT2D eigenvalue weighted by atomic mass is 9.68. The molecule has 42 heavy (non-hydrogen) atoms. The van der Waals surface area contributed by atoms with E-state index in [1.165, 1.54) is 12.5 Å². The van der Waals surface area contributed by atoms with Crippen LogP contribution in [0.4, 0.5) is 0 Å². The van der Waals surface area contributed by atoms with Gasteiger partial charge in [0.1, 0.15) is 30.5 Å². The van der Waals surface area contributed by atoms with Crippen molar-refractivity contribution in [1.82, 2.24) is 5.32 Å². The van der Waals surface area contributed by atoms with Crippen molar-refractivity contribution in [3.63, 3.8) is 0 Å². The second kappa shape index (κ2) is 12.2. The van der Waals surface area contributed by atoms with Crippen LogP contribution in [0.1, 0.15) is 67.2 Å². The number of allylic oxidation sites excluding steroid dienone is 1. The van der Waals surface area contributed by atoms with Gasteiger partial charge in [-0.1, -0.05) is 38.0 Å². The molecule has 0 radical (unpaired) electrons. The quantitative estimate of drug-likeness (QED) is 0.328. The fraction of sp³-hybridized carbons (Fsp3) is 0.844. The van der Waals surface area contributed by atoms with Crippen LogP contribution in [0.2, 0.25) is 0 Å². The first-order valence-electron chi connectivity index (χ1n) is 15.6. The number of nitrogens with one attached hydrogen (secondary N) is 1. The number of hydrogen-bond donors (Lipinski definition) is 4. The van der Waals surface area contributed by atoms with E-state index in [1.54, 1.807) is 21.0 Å². The lowest BCUT2D eigenvalue weighted by Crippen LogP contribution is -2.65. The van der Waals surface area contributed by atoms with Crippen molar-refractivity contribution in [1.29, 1.82) is 0 Å². The first-order chi connectivity index (χ1) is 19.8. The molecule has 0 unspecified atom stereocenters. The minimum absolute atomic E-state index is 0.0147. The topological polar surface area (TPSA) is 136 Å². The Bertz CT molecular complexity index is 1070. The summed E-state index contributed by atoms with van der Waals surface area (Å²) in [5, 5.41) is 37.4. The molecule has 2 aliphatic heterocycles. The number of ether oxygens (including phenoxy) is 5. The van der Waals surface area contributed by atoms with Gasteiger partial charge in [0.2, 0.25) is 5.91 Å². The van der Waals surface area contributed by atoms with Gasteiger partial charge in [-0.3, -0.25) is 4.79 Å². The molecule has 10 nitrogen and oxygen atoms in total. The van der Waals surface area contributed by atoms with Crippen molar-refractivity contribution in [2.75, 3.05) is 26.9 Å². The van der Waals surface area contributed by atoms with E-state index in [0.29, 0.717) is 19.1 Å². The average Bonchev–Trinajstić information content (AvgIpc) is 3.47. The van der Waals surface area contributed by atoms with Gasteiger partial charge < -0.3 is 44.3 Å². The number of rotatable bonds is 7. The van der Waals surface area contributed by atoms with Gasteiger partial charge in [0.05, 0.1) is 19.3 Å². The second-order valence-electron chi connectivity index (χ2n) is 13.9. The third-order valence-corrected chi connectivity index (χ3v) is 10.4. The minimum atomic E-state index is -1.38. The number of aliphatic hydroxyl groups is 3. The van der Waals surface area contributed by atoms with Gasteiger partial charge in [-0.05, 0) is 62.9 Å². The van der Waals surface area contributed by atoms with E-state index in [4.69, 9.17) is 23.7 Å². The lowest BCUT2D eigenvalue weighted by molar-refractivity contribution is -0.387. The Kier molecular flexibility index (Phi) is 9.30. The fourth-order valence-electron chi connectivity index (χ4n) is 8.10. The zero-order valence-corrected chi connectivity index (χ0v) is 26.2. The van der Waals surface area contributed by atoms with Crippen LogP contribution in [0.25, 0.3) is 0 Å². The van der Waals surface area contributed by atoms with E-state index in [2.05, 4.69) is 32.2 Å². The van der Waals surface area contributed by atoms with Crippen LogP contribution in [0, 0.1) is 29.1 Å². The maximum absolute atomic E-state index is 12.1. The molecule has 2 saturated heterocycles.